The Hall–Kier alpha value is -1.65. The average molecular weight is 348 g/mol. The second-order valence-corrected chi connectivity index (χ2v) is 5.66. The Morgan fingerprint density at radius 2 is 1.76 bits per heavy atom. The number of rotatable bonds is 6. The highest BCUT2D eigenvalue weighted by Gasteiger charge is 2.10. The van der Waals surface area contributed by atoms with Gasteiger partial charge in [-0.25, -0.2) is 0 Å². The lowest BCUT2D eigenvalue weighted by atomic mass is 10.0. The number of carbonyl (C=O) groups excluding carboxylic acids is 1. The van der Waals surface area contributed by atoms with Crippen molar-refractivity contribution in [3.63, 3.8) is 0 Å². The van der Waals surface area contributed by atoms with Gasteiger partial charge in [0, 0.05) is 22.5 Å². The van der Waals surface area contributed by atoms with Gasteiger partial charge < -0.3 is 10.5 Å². The fraction of sp³-hybridized carbons (Fsp3) is 0.235. The van der Waals surface area contributed by atoms with Crippen molar-refractivity contribution >= 4 is 21.9 Å². The van der Waals surface area contributed by atoms with E-state index in [4.69, 9.17) is 10.5 Å². The molecule has 0 aromatic heterocycles. The zero-order chi connectivity index (χ0) is 15.1. The highest BCUT2D eigenvalue weighted by Crippen LogP contribution is 2.18. The fourth-order valence-corrected chi connectivity index (χ4v) is 2.39. The van der Waals surface area contributed by atoms with Crippen LogP contribution in [0.3, 0.4) is 0 Å². The summed E-state index contributed by atoms with van der Waals surface area (Å²) < 4.78 is 6.21. The van der Waals surface area contributed by atoms with E-state index in [9.17, 15) is 4.79 Å². The van der Waals surface area contributed by atoms with Crippen LogP contribution in [-0.4, -0.2) is 5.97 Å². The van der Waals surface area contributed by atoms with Gasteiger partial charge in [-0.2, -0.15) is 0 Å². The van der Waals surface area contributed by atoms with Gasteiger partial charge in [0.25, 0.3) is 0 Å². The smallest absolute Gasteiger partial charge is 0.306 e. The molecule has 0 amide bonds. The standard InChI is InChI=1S/C17H18BrNO2/c18-15-9-5-4-8-14(15)12-21-17(20)11-10-16(19)13-6-2-1-3-7-13/h1-9,16H,10-12,19H2. The summed E-state index contributed by atoms with van der Waals surface area (Å²) >= 11 is 3.43. The van der Waals surface area contributed by atoms with Crippen molar-refractivity contribution in [2.45, 2.75) is 25.5 Å². The van der Waals surface area contributed by atoms with E-state index in [0.29, 0.717) is 12.8 Å². The highest BCUT2D eigenvalue weighted by molar-refractivity contribution is 9.10. The number of esters is 1. The molecule has 0 aliphatic rings. The maximum atomic E-state index is 11.8. The van der Waals surface area contributed by atoms with Crippen molar-refractivity contribution in [3.8, 4) is 0 Å². The van der Waals surface area contributed by atoms with Crippen LogP contribution in [0.15, 0.2) is 59.1 Å². The Morgan fingerprint density at radius 3 is 2.48 bits per heavy atom. The van der Waals surface area contributed by atoms with Crippen LogP contribution in [0.5, 0.6) is 0 Å². The van der Waals surface area contributed by atoms with Crippen LogP contribution in [0.25, 0.3) is 0 Å². The summed E-state index contributed by atoms with van der Waals surface area (Å²) in [5.41, 5.74) is 8.05. The third-order valence-electron chi connectivity index (χ3n) is 3.23. The van der Waals surface area contributed by atoms with E-state index in [1.165, 1.54) is 0 Å². The Kier molecular flexibility index (Phi) is 5.96. The summed E-state index contributed by atoms with van der Waals surface area (Å²) in [6.07, 6.45) is 0.902. The summed E-state index contributed by atoms with van der Waals surface area (Å²) in [6, 6.07) is 17.3. The lowest BCUT2D eigenvalue weighted by molar-refractivity contribution is -0.145. The van der Waals surface area contributed by atoms with Crippen LogP contribution in [0.1, 0.15) is 30.0 Å². The van der Waals surface area contributed by atoms with Crippen LogP contribution < -0.4 is 5.73 Å². The first-order chi connectivity index (χ1) is 10.2. The molecule has 4 heteroatoms. The second kappa shape index (κ2) is 7.96. The zero-order valence-corrected chi connectivity index (χ0v) is 13.3. The SMILES string of the molecule is NC(CCC(=O)OCc1ccccc1Br)c1ccccc1. The Labute approximate surface area is 133 Å². The summed E-state index contributed by atoms with van der Waals surface area (Å²) in [5, 5.41) is 0. The lowest BCUT2D eigenvalue weighted by Crippen LogP contribution is -2.13. The van der Waals surface area contributed by atoms with Gasteiger partial charge in [0.2, 0.25) is 0 Å². The second-order valence-electron chi connectivity index (χ2n) is 4.81. The minimum absolute atomic E-state index is 0.137. The van der Waals surface area contributed by atoms with Gasteiger partial charge in [0.15, 0.2) is 0 Å². The number of ether oxygens (including phenoxy) is 1. The molecule has 0 fully saturated rings. The van der Waals surface area contributed by atoms with Crippen molar-refractivity contribution in [1.82, 2.24) is 0 Å². The maximum absolute atomic E-state index is 11.8. The quantitative estimate of drug-likeness (QED) is 0.804. The minimum Gasteiger partial charge on any atom is -0.461 e. The molecule has 0 saturated carbocycles. The van der Waals surface area contributed by atoms with Crippen molar-refractivity contribution in [2.75, 3.05) is 0 Å². The van der Waals surface area contributed by atoms with Crippen LogP contribution in [0, 0.1) is 0 Å². The number of hydrogen-bond acceptors (Lipinski definition) is 3. The molecule has 2 aromatic carbocycles. The number of hydrogen-bond donors (Lipinski definition) is 1. The molecule has 0 aliphatic carbocycles. The molecule has 2 N–H and O–H groups in total. The van der Waals surface area contributed by atoms with E-state index in [1.807, 2.05) is 54.6 Å². The molecule has 0 bridgehead atoms. The van der Waals surface area contributed by atoms with E-state index in [2.05, 4.69) is 15.9 Å². The third kappa shape index (κ3) is 4.99. The van der Waals surface area contributed by atoms with E-state index >= 15 is 0 Å². The van der Waals surface area contributed by atoms with Crippen LogP contribution in [0.4, 0.5) is 0 Å². The molecule has 0 spiro atoms. The van der Waals surface area contributed by atoms with Gasteiger partial charge in [-0.3, -0.25) is 4.79 Å². The first kappa shape index (κ1) is 15.7. The molecule has 1 unspecified atom stereocenters. The predicted octanol–water partition coefficient (Wildman–Crippen LogP) is 3.97. The number of benzene rings is 2. The normalized spacial score (nSPS) is 11.9. The fourth-order valence-electron chi connectivity index (χ4n) is 1.99. The summed E-state index contributed by atoms with van der Waals surface area (Å²) in [4.78, 5) is 11.8. The van der Waals surface area contributed by atoms with E-state index in [0.717, 1.165) is 15.6 Å². The molecule has 3 nitrogen and oxygen atoms in total. The molecule has 0 heterocycles. The monoisotopic (exact) mass is 347 g/mol. The molecule has 2 aromatic rings. The summed E-state index contributed by atoms with van der Waals surface area (Å²) in [6.45, 7) is 0.279. The molecular formula is C17H18BrNO2. The van der Waals surface area contributed by atoms with Crippen molar-refractivity contribution in [3.05, 3.63) is 70.2 Å². The van der Waals surface area contributed by atoms with E-state index in [1.54, 1.807) is 0 Å². The largest absolute Gasteiger partial charge is 0.461 e. The maximum Gasteiger partial charge on any atom is 0.306 e. The molecular weight excluding hydrogens is 330 g/mol. The predicted molar refractivity (Wildman–Crippen MR) is 86.5 cm³/mol. The number of halogens is 1. The first-order valence-electron chi connectivity index (χ1n) is 6.86. The lowest BCUT2D eigenvalue weighted by Gasteiger charge is -2.11. The Bertz CT molecular complexity index is 586. The van der Waals surface area contributed by atoms with E-state index < -0.39 is 0 Å². The topological polar surface area (TPSA) is 52.3 Å². The molecule has 2 rings (SSSR count). The van der Waals surface area contributed by atoms with Crippen LogP contribution in [-0.2, 0) is 16.1 Å². The van der Waals surface area contributed by atoms with Crippen LogP contribution >= 0.6 is 15.9 Å². The number of nitrogens with two attached hydrogens (primary N) is 1. The molecule has 0 saturated heterocycles. The van der Waals surface area contributed by atoms with Gasteiger partial charge in [-0.15, -0.1) is 0 Å². The molecule has 1 atom stereocenters. The van der Waals surface area contributed by atoms with Gasteiger partial charge in [0.1, 0.15) is 6.61 Å². The van der Waals surface area contributed by atoms with Crippen molar-refractivity contribution < 1.29 is 9.53 Å². The first-order valence-corrected chi connectivity index (χ1v) is 7.65. The molecule has 0 radical (unpaired) electrons. The van der Waals surface area contributed by atoms with Crippen LogP contribution in [0.2, 0.25) is 0 Å². The van der Waals surface area contributed by atoms with Crippen molar-refractivity contribution in [2.24, 2.45) is 5.73 Å². The van der Waals surface area contributed by atoms with Crippen molar-refractivity contribution in [1.29, 1.82) is 0 Å². The van der Waals surface area contributed by atoms with Gasteiger partial charge >= 0.3 is 5.97 Å². The molecule has 21 heavy (non-hydrogen) atoms. The average Bonchev–Trinajstić information content (AvgIpc) is 2.52. The Balaban J connectivity index is 1.76. The highest BCUT2D eigenvalue weighted by atomic mass is 79.9. The van der Waals surface area contributed by atoms with Gasteiger partial charge in [-0.1, -0.05) is 64.5 Å². The molecule has 0 aliphatic heterocycles. The zero-order valence-electron chi connectivity index (χ0n) is 11.7. The van der Waals surface area contributed by atoms with Gasteiger partial charge in [0.05, 0.1) is 0 Å². The molecule has 110 valence electrons. The number of carbonyl (C=O) groups is 1. The summed E-state index contributed by atoms with van der Waals surface area (Å²) in [7, 11) is 0. The summed E-state index contributed by atoms with van der Waals surface area (Å²) in [5.74, 6) is -0.225. The Morgan fingerprint density at radius 1 is 1.10 bits per heavy atom. The van der Waals surface area contributed by atoms with E-state index in [-0.39, 0.29) is 18.6 Å². The van der Waals surface area contributed by atoms with Gasteiger partial charge in [-0.05, 0) is 18.1 Å². The minimum atomic E-state index is -0.225. The third-order valence-corrected chi connectivity index (χ3v) is 4.01.